The van der Waals surface area contributed by atoms with Crippen LogP contribution in [0.2, 0.25) is 0 Å². The Morgan fingerprint density at radius 2 is 1.40 bits per heavy atom. The molecule has 0 aromatic heterocycles. The summed E-state index contributed by atoms with van der Waals surface area (Å²) in [5.74, 6) is -0.722. The van der Waals surface area contributed by atoms with Gasteiger partial charge in [0.1, 0.15) is 0 Å². The first kappa shape index (κ1) is 19.2. The van der Waals surface area contributed by atoms with E-state index in [0.717, 1.165) is 6.42 Å². The normalized spacial score (nSPS) is 14.8. The molecule has 0 aromatic carbocycles. The van der Waals surface area contributed by atoms with E-state index >= 15 is 0 Å². The second-order valence-electron chi connectivity index (χ2n) is 9.14. The first-order chi connectivity index (χ1) is 8.61. The first-order valence-electron chi connectivity index (χ1n) is 7.52. The highest BCUT2D eigenvalue weighted by Gasteiger charge is 2.42. The van der Waals surface area contributed by atoms with Crippen LogP contribution in [-0.4, -0.2) is 11.1 Å². The quantitative estimate of drug-likeness (QED) is 0.650. The molecule has 0 radical (unpaired) electrons. The van der Waals surface area contributed by atoms with E-state index in [2.05, 4.69) is 60.6 Å². The third-order valence-electron chi connectivity index (χ3n) is 4.47. The zero-order chi connectivity index (χ0) is 16.4. The fourth-order valence-electron chi connectivity index (χ4n) is 2.34. The summed E-state index contributed by atoms with van der Waals surface area (Å²) in [4.78, 5) is 11.4. The van der Waals surface area contributed by atoms with Gasteiger partial charge in [-0.25, -0.2) is 0 Å². The molecule has 0 atom stereocenters. The zero-order valence-corrected chi connectivity index (χ0v) is 14.9. The van der Waals surface area contributed by atoms with Gasteiger partial charge in [-0.05, 0) is 42.9 Å². The molecule has 0 saturated heterocycles. The van der Waals surface area contributed by atoms with Gasteiger partial charge in [0, 0.05) is 0 Å². The number of hydrogen-bond acceptors (Lipinski definition) is 1. The van der Waals surface area contributed by atoms with Crippen LogP contribution in [0, 0.1) is 21.7 Å². The highest BCUT2D eigenvalue weighted by Crippen LogP contribution is 2.47. The van der Waals surface area contributed by atoms with Crippen LogP contribution in [0.1, 0.15) is 75.2 Å². The fourth-order valence-corrected chi connectivity index (χ4v) is 2.34. The van der Waals surface area contributed by atoms with Gasteiger partial charge in [0.15, 0.2) is 0 Å². The van der Waals surface area contributed by atoms with E-state index < -0.39 is 11.4 Å². The average Bonchev–Trinajstić information content (AvgIpc) is 2.12. The lowest BCUT2D eigenvalue weighted by Crippen LogP contribution is -2.38. The summed E-state index contributed by atoms with van der Waals surface area (Å²) < 4.78 is 0. The van der Waals surface area contributed by atoms with Gasteiger partial charge >= 0.3 is 5.97 Å². The van der Waals surface area contributed by atoms with E-state index in [1.807, 2.05) is 13.8 Å². The summed E-state index contributed by atoms with van der Waals surface area (Å²) in [7, 11) is 0. The van der Waals surface area contributed by atoms with Crippen LogP contribution in [0.3, 0.4) is 0 Å². The number of carbonyl (C=O) groups is 1. The molecule has 0 spiro atoms. The Kier molecular flexibility index (Phi) is 5.68. The van der Waals surface area contributed by atoms with Crippen molar-refractivity contribution in [2.75, 3.05) is 0 Å². The predicted octanol–water partition coefficient (Wildman–Crippen LogP) is 5.53. The molecular formula is C18H34O2. The number of allylic oxidation sites excluding steroid dienone is 2. The molecule has 0 aliphatic heterocycles. The Morgan fingerprint density at radius 1 is 0.950 bits per heavy atom. The van der Waals surface area contributed by atoms with Crippen molar-refractivity contribution in [3.63, 3.8) is 0 Å². The summed E-state index contributed by atoms with van der Waals surface area (Å²) in [5.41, 5.74) is -0.524. The maximum Gasteiger partial charge on any atom is 0.309 e. The van der Waals surface area contributed by atoms with Crippen molar-refractivity contribution in [3.05, 3.63) is 12.2 Å². The summed E-state index contributed by atoms with van der Waals surface area (Å²) >= 11 is 0. The molecule has 0 aliphatic rings. The van der Waals surface area contributed by atoms with Gasteiger partial charge in [-0.2, -0.15) is 0 Å². The van der Waals surface area contributed by atoms with Crippen molar-refractivity contribution in [1.82, 2.24) is 0 Å². The van der Waals surface area contributed by atoms with Crippen molar-refractivity contribution in [2.24, 2.45) is 21.7 Å². The second kappa shape index (κ2) is 5.91. The lowest BCUT2D eigenvalue weighted by Gasteiger charge is -2.43. The van der Waals surface area contributed by atoms with Crippen molar-refractivity contribution < 1.29 is 9.90 Å². The van der Waals surface area contributed by atoms with E-state index in [4.69, 9.17) is 0 Å². The van der Waals surface area contributed by atoms with Crippen molar-refractivity contribution in [2.45, 2.75) is 75.2 Å². The molecular weight excluding hydrogens is 248 g/mol. The molecule has 0 heterocycles. The monoisotopic (exact) mass is 282 g/mol. The Labute approximate surface area is 125 Å². The van der Waals surface area contributed by atoms with Crippen LogP contribution in [-0.2, 0) is 4.79 Å². The molecule has 0 amide bonds. The van der Waals surface area contributed by atoms with Crippen LogP contribution < -0.4 is 0 Å². The molecule has 2 heteroatoms. The van der Waals surface area contributed by atoms with Crippen LogP contribution >= 0.6 is 0 Å². The van der Waals surface area contributed by atoms with Gasteiger partial charge in [0.05, 0.1) is 5.41 Å². The standard InChI is InChI=1S/C18H34O2/c1-15(2,3)11-10-12-17(6,7)18(8,9)13-16(4,5)14(19)20/h10,12H,11,13H2,1-9H3,(H,19,20). The average molecular weight is 282 g/mol. The lowest BCUT2D eigenvalue weighted by atomic mass is 9.61. The highest BCUT2D eigenvalue weighted by molar-refractivity contribution is 5.73. The van der Waals surface area contributed by atoms with Gasteiger partial charge in [-0.3, -0.25) is 4.79 Å². The summed E-state index contributed by atoms with van der Waals surface area (Å²) in [5, 5.41) is 9.34. The van der Waals surface area contributed by atoms with Crippen LogP contribution in [0.15, 0.2) is 12.2 Å². The highest BCUT2D eigenvalue weighted by atomic mass is 16.4. The molecule has 1 N–H and O–H groups in total. The van der Waals surface area contributed by atoms with Crippen molar-refractivity contribution in [3.8, 4) is 0 Å². The molecule has 0 aliphatic carbocycles. The van der Waals surface area contributed by atoms with Gasteiger partial charge in [-0.1, -0.05) is 60.6 Å². The van der Waals surface area contributed by atoms with Crippen molar-refractivity contribution in [1.29, 1.82) is 0 Å². The molecule has 0 fully saturated rings. The smallest absolute Gasteiger partial charge is 0.309 e. The van der Waals surface area contributed by atoms with Crippen LogP contribution in [0.4, 0.5) is 0 Å². The molecule has 20 heavy (non-hydrogen) atoms. The Morgan fingerprint density at radius 3 is 1.75 bits per heavy atom. The number of hydrogen-bond donors (Lipinski definition) is 1. The minimum absolute atomic E-state index is 0.0367. The fraction of sp³-hybridized carbons (Fsp3) is 0.833. The lowest BCUT2D eigenvalue weighted by molar-refractivity contribution is -0.149. The summed E-state index contributed by atoms with van der Waals surface area (Å²) in [6.07, 6.45) is 6.20. The van der Waals surface area contributed by atoms with Crippen LogP contribution in [0.5, 0.6) is 0 Å². The zero-order valence-electron chi connectivity index (χ0n) is 14.9. The molecule has 0 bridgehead atoms. The molecule has 0 aromatic rings. The van der Waals surface area contributed by atoms with Crippen LogP contribution in [0.25, 0.3) is 0 Å². The summed E-state index contributed by atoms with van der Waals surface area (Å²) in [6, 6.07) is 0. The van der Waals surface area contributed by atoms with E-state index in [-0.39, 0.29) is 16.2 Å². The number of aliphatic carboxylic acids is 1. The Hall–Kier alpha value is -0.790. The van der Waals surface area contributed by atoms with Gasteiger partial charge < -0.3 is 5.11 Å². The minimum atomic E-state index is -0.722. The van der Waals surface area contributed by atoms with E-state index in [9.17, 15) is 9.90 Å². The van der Waals surface area contributed by atoms with Gasteiger partial charge in [0.2, 0.25) is 0 Å². The molecule has 0 saturated carbocycles. The number of carboxylic acid groups (broad SMARTS) is 1. The third kappa shape index (κ3) is 5.68. The molecule has 2 nitrogen and oxygen atoms in total. The third-order valence-corrected chi connectivity index (χ3v) is 4.47. The Balaban J connectivity index is 5.03. The SMILES string of the molecule is CC(C)(C)CC=CC(C)(C)C(C)(C)CC(C)(C)C(=O)O. The summed E-state index contributed by atoms with van der Waals surface area (Å²) in [6.45, 7) is 19.0. The molecule has 0 rings (SSSR count). The minimum Gasteiger partial charge on any atom is -0.481 e. The van der Waals surface area contributed by atoms with E-state index in [0.29, 0.717) is 6.42 Å². The van der Waals surface area contributed by atoms with Crippen molar-refractivity contribution >= 4 is 5.97 Å². The molecule has 0 unspecified atom stereocenters. The maximum absolute atomic E-state index is 11.4. The number of rotatable bonds is 6. The van der Waals surface area contributed by atoms with Gasteiger partial charge in [0.25, 0.3) is 0 Å². The topological polar surface area (TPSA) is 37.3 Å². The number of carboxylic acids is 1. The van der Waals surface area contributed by atoms with E-state index in [1.165, 1.54) is 0 Å². The predicted molar refractivity (Wildman–Crippen MR) is 86.8 cm³/mol. The maximum atomic E-state index is 11.4. The van der Waals surface area contributed by atoms with E-state index in [1.54, 1.807) is 0 Å². The Bertz CT molecular complexity index is 365. The first-order valence-corrected chi connectivity index (χ1v) is 7.52. The second-order valence-corrected chi connectivity index (χ2v) is 9.14. The largest absolute Gasteiger partial charge is 0.481 e. The molecule has 118 valence electrons. The van der Waals surface area contributed by atoms with Gasteiger partial charge in [-0.15, -0.1) is 0 Å².